The first-order valence-electron chi connectivity index (χ1n) is 4.26. The van der Waals surface area contributed by atoms with E-state index in [1.54, 1.807) is 5.84 Å². The molecule has 0 aromatic rings. The molecular weight excluding hydrogens is 180 g/mol. The second kappa shape index (κ2) is 6.22. The van der Waals surface area contributed by atoms with Crippen molar-refractivity contribution in [3.8, 4) is 0 Å². The molecule has 0 spiro atoms. The minimum atomic E-state index is -1.60. The van der Waals surface area contributed by atoms with Gasteiger partial charge in [-0.25, -0.2) is 0 Å². The van der Waals surface area contributed by atoms with Crippen molar-refractivity contribution in [2.24, 2.45) is 5.84 Å². The van der Waals surface area contributed by atoms with E-state index >= 15 is 0 Å². The highest BCUT2D eigenvalue weighted by molar-refractivity contribution is 4.83. The normalized spacial score (nSPS) is 21.8. The van der Waals surface area contributed by atoms with E-state index in [2.05, 4.69) is 5.43 Å². The van der Waals surface area contributed by atoms with Crippen LogP contribution in [-0.2, 0) is 0 Å². The Balaban J connectivity index is 4.17. The van der Waals surface area contributed by atoms with Crippen LogP contribution in [-0.4, -0.2) is 63.1 Å². The number of rotatable bonds is 7. The fourth-order valence-corrected chi connectivity index (χ4v) is 0.813. The predicted molar refractivity (Wildman–Crippen MR) is 43.3 cm³/mol. The van der Waals surface area contributed by atoms with Gasteiger partial charge < -0.3 is 25.5 Å². The van der Waals surface area contributed by atoms with E-state index in [1.807, 2.05) is 0 Å². The molecule has 7 heteroatoms. The van der Waals surface area contributed by atoms with Crippen LogP contribution in [0.1, 0.15) is 0 Å². The molecule has 0 bridgehead atoms. The van der Waals surface area contributed by atoms with Crippen LogP contribution < -0.4 is 11.3 Å². The molecule has 0 aromatic carbocycles. The van der Waals surface area contributed by atoms with Crippen molar-refractivity contribution in [3.63, 3.8) is 0 Å². The number of hydrogen-bond acceptors (Lipinski definition) is 7. The number of aliphatic hydroxyl groups excluding tert-OH is 5. The number of hydrogen-bond donors (Lipinski definition) is 7. The average Bonchev–Trinajstić information content (AvgIpc) is 2.22. The molecule has 0 rings (SSSR count). The number of aliphatic hydroxyl groups is 5. The third kappa shape index (κ3) is 3.53. The Labute approximate surface area is 76.9 Å². The fraction of sp³-hybridized carbons (Fsp3) is 1.00. The van der Waals surface area contributed by atoms with Gasteiger partial charge in [-0.05, 0) is 0 Å². The zero-order valence-corrected chi connectivity index (χ0v) is 6.96. The third-order valence-electron chi connectivity index (χ3n) is 1.73. The molecule has 0 aliphatic heterocycles. The molecule has 0 saturated heterocycles. The van der Waals surface area contributed by atoms with E-state index in [9.17, 15) is 10.2 Å². The van der Waals surface area contributed by atoms with Gasteiger partial charge >= 0.3 is 0 Å². The van der Waals surface area contributed by atoms with Gasteiger partial charge in [0.1, 0.15) is 19.7 Å². The van der Waals surface area contributed by atoms with Crippen LogP contribution >= 0.6 is 0 Å². The molecule has 0 aromatic heterocycles. The fourth-order valence-electron chi connectivity index (χ4n) is 0.813. The van der Waals surface area contributed by atoms with Crippen LogP contribution in [0.3, 0.4) is 0 Å². The van der Waals surface area contributed by atoms with Crippen LogP contribution in [0.25, 0.3) is 0 Å². The Hall–Kier alpha value is -0.280. The molecule has 0 unspecified atom stereocenters. The van der Waals surface area contributed by atoms with Crippen molar-refractivity contribution in [3.05, 3.63) is 0 Å². The Morgan fingerprint density at radius 1 is 1.15 bits per heavy atom. The van der Waals surface area contributed by atoms with Gasteiger partial charge in [-0.2, -0.15) is 0 Å². The van der Waals surface area contributed by atoms with Gasteiger partial charge in [0.25, 0.3) is 0 Å². The van der Waals surface area contributed by atoms with Crippen LogP contribution in [0.15, 0.2) is 0 Å². The molecular formula is C6H16N2O5. The molecule has 0 aliphatic carbocycles. The van der Waals surface area contributed by atoms with Gasteiger partial charge in [-0.3, -0.25) is 11.3 Å². The molecule has 7 nitrogen and oxygen atoms in total. The quantitative estimate of drug-likeness (QED) is 0.162. The van der Waals surface area contributed by atoms with Gasteiger partial charge in [0.15, 0.2) is 0 Å². The second-order valence-corrected chi connectivity index (χ2v) is 2.66. The summed E-state index contributed by atoms with van der Waals surface area (Å²) in [6, 6.07) is -1.01. The van der Waals surface area contributed by atoms with E-state index in [1.165, 1.54) is 0 Å². The van der Waals surface area contributed by atoms with E-state index in [4.69, 9.17) is 16.7 Å². The summed E-state index contributed by atoms with van der Waals surface area (Å²) in [7, 11) is 0. The van der Waals surface area contributed by atoms with Crippen LogP contribution in [0.5, 0.6) is 0 Å². The van der Waals surface area contributed by atoms with E-state index in [0.717, 1.165) is 0 Å². The Kier molecular flexibility index (Phi) is 5.16. The maximum atomic E-state index is 9.34. The standard InChI is InChI=1S/C6H16N2O5/c7-8-3(1-9)5(12)6(13)4(11)2-10/h3-6,8-13H,1-2,7H2/t3-,4-,5-,6-/m1/s1/i/hD. The van der Waals surface area contributed by atoms with Crippen molar-refractivity contribution >= 4 is 0 Å². The van der Waals surface area contributed by atoms with Gasteiger partial charge in [0.05, 0.1) is 19.3 Å². The minimum Gasteiger partial charge on any atom is -0.395 e. The highest BCUT2D eigenvalue weighted by Crippen LogP contribution is 2.03. The van der Waals surface area contributed by atoms with Crippen LogP contribution in [0.2, 0.25) is 1.41 Å². The van der Waals surface area contributed by atoms with Crippen molar-refractivity contribution in [1.29, 1.82) is 0 Å². The number of nitrogens with one attached hydrogen (secondary N) is 1. The lowest BCUT2D eigenvalue weighted by Crippen LogP contribution is -2.54. The number of hydrazine groups is 1. The van der Waals surface area contributed by atoms with Crippen LogP contribution in [0, 0.1) is 0 Å². The maximum absolute atomic E-state index is 9.34. The summed E-state index contributed by atoms with van der Waals surface area (Å²) >= 11 is 0. The molecule has 0 amide bonds. The lowest BCUT2D eigenvalue weighted by Gasteiger charge is -2.26. The predicted octanol–water partition coefficient (Wildman–Crippen LogP) is -4.11. The average molecular weight is 197 g/mol. The summed E-state index contributed by atoms with van der Waals surface area (Å²) in [5.74, 6) is 1.74. The lowest BCUT2D eigenvalue weighted by molar-refractivity contribution is -0.0916. The molecule has 13 heavy (non-hydrogen) atoms. The zero-order valence-electron chi connectivity index (χ0n) is 7.96. The van der Waals surface area contributed by atoms with Crippen molar-refractivity contribution < 1.29 is 26.9 Å². The molecule has 0 saturated carbocycles. The van der Waals surface area contributed by atoms with Gasteiger partial charge in [-0.15, -0.1) is 0 Å². The molecule has 80 valence electrons. The summed E-state index contributed by atoms with van der Waals surface area (Å²) in [5.41, 5.74) is 2.16. The molecule has 0 heterocycles. The topological polar surface area (TPSA) is 139 Å². The molecule has 0 radical (unpaired) electrons. The largest absolute Gasteiger partial charge is 0.395 e. The van der Waals surface area contributed by atoms with E-state index < -0.39 is 37.6 Å². The SMILES string of the molecule is [2H]NN[C@H](CO)[C@@H](O)[C@H](O)[C@H](O)CO. The van der Waals surface area contributed by atoms with E-state index in [0.29, 0.717) is 0 Å². The Bertz CT molecular complexity index is 150. The Morgan fingerprint density at radius 3 is 2.15 bits per heavy atom. The zero-order chi connectivity index (χ0) is 11.1. The van der Waals surface area contributed by atoms with E-state index in [-0.39, 0.29) is 0 Å². The molecule has 0 fully saturated rings. The Morgan fingerprint density at radius 2 is 1.77 bits per heavy atom. The maximum Gasteiger partial charge on any atom is 0.137 e. The number of nitrogens with two attached hydrogens (primary N) is 1. The summed E-state index contributed by atoms with van der Waals surface area (Å²) in [6.07, 6.45) is -4.59. The molecule has 0 aliphatic rings. The monoisotopic (exact) mass is 197 g/mol. The summed E-state index contributed by atoms with van der Waals surface area (Å²) < 4.78 is 6.55. The minimum absolute atomic E-state index is 0.539. The molecule has 8 N–H and O–H groups in total. The second-order valence-electron chi connectivity index (χ2n) is 2.66. The van der Waals surface area contributed by atoms with Gasteiger partial charge in [0, 0.05) is 0 Å². The summed E-state index contributed by atoms with van der Waals surface area (Å²) in [5, 5.41) is 44.7. The first-order valence-corrected chi connectivity index (χ1v) is 3.76. The highest BCUT2D eigenvalue weighted by atomic mass is 16.4. The van der Waals surface area contributed by atoms with Crippen molar-refractivity contribution in [2.45, 2.75) is 24.4 Å². The summed E-state index contributed by atoms with van der Waals surface area (Å²) in [4.78, 5) is 0. The third-order valence-corrected chi connectivity index (χ3v) is 1.73. The van der Waals surface area contributed by atoms with Crippen molar-refractivity contribution in [2.75, 3.05) is 13.2 Å². The van der Waals surface area contributed by atoms with Crippen molar-refractivity contribution in [1.82, 2.24) is 5.43 Å². The van der Waals surface area contributed by atoms with Crippen LogP contribution in [0.4, 0.5) is 0 Å². The smallest absolute Gasteiger partial charge is 0.137 e. The van der Waals surface area contributed by atoms with Gasteiger partial charge in [-0.1, -0.05) is 0 Å². The highest BCUT2D eigenvalue weighted by Gasteiger charge is 2.29. The van der Waals surface area contributed by atoms with Gasteiger partial charge in [0.2, 0.25) is 0 Å². The first kappa shape index (κ1) is 10.8. The lowest BCUT2D eigenvalue weighted by atomic mass is 10.0. The molecule has 4 atom stereocenters. The summed E-state index contributed by atoms with van der Waals surface area (Å²) in [6.45, 7) is -1.24. The first-order chi connectivity index (χ1) is 6.58.